The van der Waals surface area contributed by atoms with Crippen LogP contribution in [0.3, 0.4) is 0 Å². The van der Waals surface area contributed by atoms with Crippen molar-refractivity contribution in [3.05, 3.63) is 72.3 Å². The highest BCUT2D eigenvalue weighted by molar-refractivity contribution is 7.80. The molecule has 1 aromatic carbocycles. The van der Waals surface area contributed by atoms with Crippen molar-refractivity contribution in [1.82, 2.24) is 57.2 Å². The third kappa shape index (κ3) is 19.6. The zero-order valence-electron chi connectivity index (χ0n) is 37.6. The van der Waals surface area contributed by atoms with E-state index in [2.05, 4.69) is 74.8 Å². The van der Waals surface area contributed by atoms with Gasteiger partial charge in [-0.1, -0.05) is 30.3 Å². The normalized spacial score (nSPS) is 14.3. The average Bonchev–Trinajstić information content (AvgIpc) is 4.02. The summed E-state index contributed by atoms with van der Waals surface area (Å²) in [4.78, 5) is 148. The Morgan fingerprint density at radius 1 is 0.600 bits per heavy atom. The maximum absolute atomic E-state index is 14.3. The van der Waals surface area contributed by atoms with E-state index in [9.17, 15) is 63.3 Å². The van der Waals surface area contributed by atoms with Gasteiger partial charge in [0.15, 0.2) is 5.96 Å². The van der Waals surface area contributed by atoms with Gasteiger partial charge < -0.3 is 79.7 Å². The lowest BCUT2D eigenvalue weighted by Crippen LogP contribution is -2.61. The van der Waals surface area contributed by atoms with Gasteiger partial charge in [0.05, 0.1) is 31.5 Å². The van der Waals surface area contributed by atoms with Gasteiger partial charge in [0.1, 0.15) is 42.3 Å². The van der Waals surface area contributed by atoms with Crippen LogP contribution in [-0.2, 0) is 67.2 Å². The van der Waals surface area contributed by atoms with Crippen LogP contribution in [0, 0.1) is 0 Å². The second-order valence-electron chi connectivity index (χ2n) is 15.6. The number of amides is 7. The smallest absolute Gasteiger partial charge is 0.327 e. The third-order valence-electron chi connectivity index (χ3n) is 9.95. The van der Waals surface area contributed by atoms with Crippen LogP contribution in [0.4, 0.5) is 0 Å². The van der Waals surface area contributed by atoms with Crippen molar-refractivity contribution in [2.24, 2.45) is 22.2 Å². The number of aromatic amines is 2. The number of guanidine groups is 1. The van der Waals surface area contributed by atoms with Crippen LogP contribution in [0.1, 0.15) is 49.6 Å². The first-order valence-corrected chi connectivity index (χ1v) is 22.0. The molecule has 0 aliphatic heterocycles. The highest BCUT2D eigenvalue weighted by atomic mass is 32.1. The van der Waals surface area contributed by atoms with Gasteiger partial charge >= 0.3 is 17.9 Å². The molecule has 18 N–H and O–H groups in total. The van der Waals surface area contributed by atoms with Gasteiger partial charge in [-0.2, -0.15) is 12.6 Å². The van der Waals surface area contributed by atoms with E-state index in [0.717, 1.165) is 0 Å². The molecule has 0 spiro atoms. The van der Waals surface area contributed by atoms with E-state index in [4.69, 9.17) is 17.2 Å². The molecule has 70 heavy (non-hydrogen) atoms. The second-order valence-corrected chi connectivity index (χ2v) is 16.0. The standard InChI is InChI=1S/C41H57N15O13S/c1-20(42)33(61)51-28(13-31(57)58)38(66)54-26(11-22-15-45-18-48-22)36(64)55-29(14-32(59)60)39(67)52-25(10-21-6-3-2-4-7-21)35(63)50-24(8-5-9-47-41(43)44)34(62)53-27(12-23-16-46-19-49-23)37(65)56-30(17-70)40(68)69/h2-4,6-7,15-16,18-20,24-30,70H,5,8-14,17,42H2,1H3,(H,45,48)(H,46,49)(H,50,63)(H,51,61)(H,52,67)(H,53,62)(H,54,66)(H,55,64)(H,56,65)(H,57,58)(H,59,60)(H,68,69)(H4,43,44,47)/t20-,24-,25-,26-,27-,28-,29-,30-/m0/s1. The van der Waals surface area contributed by atoms with Crippen LogP contribution >= 0.6 is 12.6 Å². The third-order valence-corrected chi connectivity index (χ3v) is 10.3. The molecule has 2 aromatic heterocycles. The number of hydrogen-bond acceptors (Lipinski definition) is 15. The predicted octanol–water partition coefficient (Wildman–Crippen LogP) is -5.08. The van der Waals surface area contributed by atoms with Crippen molar-refractivity contribution in [2.45, 2.75) is 100 Å². The summed E-state index contributed by atoms with van der Waals surface area (Å²) in [6.45, 7) is 1.26. The number of thiol groups is 1. The minimum Gasteiger partial charge on any atom is -0.481 e. The number of aliphatic carboxylic acids is 3. The molecule has 3 rings (SSSR count). The number of carboxylic acids is 3. The molecular weight excluding hydrogens is 943 g/mol. The number of carbonyl (C=O) groups excluding carboxylic acids is 7. The number of rotatable bonds is 30. The fourth-order valence-corrected chi connectivity index (χ4v) is 6.62. The maximum atomic E-state index is 14.3. The van der Waals surface area contributed by atoms with Gasteiger partial charge in [-0.3, -0.25) is 48.1 Å². The number of benzene rings is 1. The minimum atomic E-state index is -1.95. The van der Waals surface area contributed by atoms with Crippen LogP contribution in [0.15, 0.2) is 60.4 Å². The Morgan fingerprint density at radius 3 is 1.40 bits per heavy atom. The molecule has 0 unspecified atom stereocenters. The lowest BCUT2D eigenvalue weighted by Gasteiger charge is -2.27. The van der Waals surface area contributed by atoms with Gasteiger partial charge in [-0.15, -0.1) is 0 Å². The number of nitrogens with two attached hydrogens (primary N) is 3. The van der Waals surface area contributed by atoms with Crippen molar-refractivity contribution < 1.29 is 63.3 Å². The molecule has 0 fully saturated rings. The van der Waals surface area contributed by atoms with E-state index in [0.29, 0.717) is 11.3 Å². The lowest BCUT2D eigenvalue weighted by atomic mass is 10.0. The molecular formula is C41H57N15O13S. The van der Waals surface area contributed by atoms with Gasteiger partial charge in [-0.05, 0) is 25.3 Å². The zero-order valence-corrected chi connectivity index (χ0v) is 38.5. The molecule has 0 aliphatic carbocycles. The van der Waals surface area contributed by atoms with Gasteiger partial charge in [0.25, 0.3) is 0 Å². The zero-order chi connectivity index (χ0) is 51.9. The Morgan fingerprint density at radius 2 is 1.00 bits per heavy atom. The molecule has 29 heteroatoms. The summed E-state index contributed by atoms with van der Waals surface area (Å²) < 4.78 is 0. The summed E-state index contributed by atoms with van der Waals surface area (Å²) in [6, 6.07) is -4.32. The Labute approximate surface area is 404 Å². The molecule has 380 valence electrons. The Bertz CT molecular complexity index is 2300. The number of H-pyrrole nitrogens is 2. The Kier molecular flexibility index (Phi) is 22.7. The maximum Gasteiger partial charge on any atom is 0.327 e. The Balaban J connectivity index is 1.97. The van der Waals surface area contributed by atoms with Crippen LogP contribution in [0.2, 0.25) is 0 Å². The highest BCUT2D eigenvalue weighted by Gasteiger charge is 2.36. The van der Waals surface area contributed by atoms with E-state index < -0.39 is 120 Å². The van der Waals surface area contributed by atoms with E-state index in [1.54, 1.807) is 30.3 Å². The number of carboxylic acid groups (broad SMARTS) is 3. The van der Waals surface area contributed by atoms with Crippen molar-refractivity contribution in [3.63, 3.8) is 0 Å². The molecule has 28 nitrogen and oxygen atoms in total. The first-order valence-electron chi connectivity index (χ1n) is 21.4. The SMILES string of the molecule is C[C@H](N)C(=O)N[C@@H](CC(=O)O)C(=O)N[C@@H](Cc1cnc[nH]1)C(=O)N[C@@H](CC(=O)O)C(=O)N[C@@H](Cc1ccccc1)C(=O)N[C@@H](CCCN=C(N)N)C(=O)N[C@@H](Cc1cnc[nH]1)C(=O)N[C@@H](CS)C(=O)O. The monoisotopic (exact) mass is 999 g/mol. The lowest BCUT2D eigenvalue weighted by molar-refractivity contribution is -0.142. The molecule has 7 amide bonds. The molecule has 0 saturated heterocycles. The van der Waals surface area contributed by atoms with Crippen molar-refractivity contribution in [3.8, 4) is 0 Å². The van der Waals surface area contributed by atoms with Gasteiger partial charge in [0.2, 0.25) is 41.4 Å². The van der Waals surface area contributed by atoms with E-state index in [-0.39, 0.29) is 56.1 Å². The Hall–Kier alpha value is -8.08. The number of aromatic nitrogens is 4. The van der Waals surface area contributed by atoms with E-state index in [1.807, 2.05) is 0 Å². The van der Waals surface area contributed by atoms with Gasteiger partial charge in [0, 0.05) is 55.3 Å². The number of hydrogen-bond donors (Lipinski definition) is 16. The summed E-state index contributed by atoms with van der Waals surface area (Å²) >= 11 is 3.97. The molecule has 0 bridgehead atoms. The summed E-state index contributed by atoms with van der Waals surface area (Å²) in [5.74, 6) is -12.3. The van der Waals surface area contributed by atoms with Crippen LogP contribution in [-0.4, -0.2) is 161 Å². The second kappa shape index (κ2) is 28.3. The van der Waals surface area contributed by atoms with E-state index in [1.165, 1.54) is 32.0 Å². The first kappa shape index (κ1) is 56.2. The summed E-state index contributed by atoms with van der Waals surface area (Å²) in [5.41, 5.74) is 17.6. The number of aliphatic imine (C=N–C) groups is 1. The highest BCUT2D eigenvalue weighted by Crippen LogP contribution is 2.10. The van der Waals surface area contributed by atoms with Crippen LogP contribution in [0.5, 0.6) is 0 Å². The number of imidazole rings is 2. The quantitative estimate of drug-likeness (QED) is 0.0129. The fraction of sp³-hybridized carbons (Fsp3) is 0.439. The fourth-order valence-electron chi connectivity index (χ4n) is 6.37. The summed E-state index contributed by atoms with van der Waals surface area (Å²) in [6.07, 6.45) is 2.26. The van der Waals surface area contributed by atoms with Crippen molar-refractivity contribution in [1.29, 1.82) is 0 Å². The first-order chi connectivity index (χ1) is 33.2. The van der Waals surface area contributed by atoms with Crippen molar-refractivity contribution >= 4 is 77.8 Å². The average molecular weight is 1000 g/mol. The van der Waals surface area contributed by atoms with E-state index >= 15 is 0 Å². The molecule has 0 aliphatic rings. The topological polar surface area (TPSA) is 463 Å². The predicted molar refractivity (Wildman–Crippen MR) is 248 cm³/mol. The van der Waals surface area contributed by atoms with Crippen molar-refractivity contribution in [2.75, 3.05) is 12.3 Å². The molecule has 3 aromatic rings. The molecule has 0 saturated carbocycles. The summed E-state index contributed by atoms with van der Waals surface area (Å²) in [5, 5.41) is 45.5. The number of nitrogens with zero attached hydrogens (tertiary/aromatic N) is 3. The largest absolute Gasteiger partial charge is 0.481 e. The molecule has 8 atom stereocenters. The number of nitrogens with one attached hydrogen (secondary N) is 9. The summed E-state index contributed by atoms with van der Waals surface area (Å²) in [7, 11) is 0. The minimum absolute atomic E-state index is 0.0212. The van der Waals surface area contributed by atoms with Crippen LogP contribution in [0.25, 0.3) is 0 Å². The molecule has 2 heterocycles. The molecule has 0 radical (unpaired) electrons. The van der Waals surface area contributed by atoms with Gasteiger partial charge in [-0.25, -0.2) is 14.8 Å². The number of carbonyl (C=O) groups is 10. The van der Waals surface area contributed by atoms with Crippen LogP contribution < -0.4 is 54.4 Å².